The molecule has 126 valence electrons. The van der Waals surface area contributed by atoms with Gasteiger partial charge in [0.25, 0.3) is 0 Å². The normalized spacial score (nSPS) is 12.3. The monoisotopic (exact) mass is 320 g/mol. The van der Waals surface area contributed by atoms with Crippen LogP contribution in [0, 0.1) is 5.41 Å². The third-order valence-electron chi connectivity index (χ3n) is 4.56. The lowest BCUT2D eigenvalue weighted by Gasteiger charge is -2.21. The van der Waals surface area contributed by atoms with E-state index in [1.165, 1.54) is 22.3 Å². The van der Waals surface area contributed by atoms with E-state index in [-0.39, 0.29) is 0 Å². The first kappa shape index (κ1) is 18.2. The van der Waals surface area contributed by atoms with Crippen molar-refractivity contribution in [3.8, 4) is 0 Å². The number of aliphatic imine (C=N–C) groups is 1. The van der Waals surface area contributed by atoms with Crippen LogP contribution in [0.4, 0.5) is 5.69 Å². The Bertz CT molecular complexity index is 694. The van der Waals surface area contributed by atoms with Crippen LogP contribution in [-0.2, 0) is 6.42 Å². The molecule has 2 rings (SSSR count). The summed E-state index contributed by atoms with van der Waals surface area (Å²) in [6, 6.07) is 17.4. The Morgan fingerprint density at radius 2 is 1.46 bits per heavy atom. The number of nitrogens with one attached hydrogen (secondary N) is 1. The van der Waals surface area contributed by atoms with Gasteiger partial charge in [-0.3, -0.25) is 0 Å². The quantitative estimate of drug-likeness (QED) is 0.577. The Balaban J connectivity index is 2.48. The van der Waals surface area contributed by atoms with Crippen LogP contribution < -0.4 is 0 Å². The molecule has 0 amide bonds. The summed E-state index contributed by atoms with van der Waals surface area (Å²) in [6.45, 7) is 11.0. The van der Waals surface area contributed by atoms with Crippen molar-refractivity contribution in [3.63, 3.8) is 0 Å². The highest BCUT2D eigenvalue weighted by Gasteiger charge is 2.18. The van der Waals surface area contributed by atoms with Crippen molar-refractivity contribution in [2.24, 2.45) is 4.99 Å². The molecule has 0 unspecified atom stereocenters. The van der Waals surface area contributed by atoms with Crippen LogP contribution in [0.2, 0.25) is 0 Å². The fourth-order valence-corrected chi connectivity index (χ4v) is 3.14. The molecular formula is C22H28N2. The highest BCUT2D eigenvalue weighted by molar-refractivity contribution is 5.62. The molecule has 0 aliphatic carbocycles. The summed E-state index contributed by atoms with van der Waals surface area (Å²) in [4.78, 5) is 4.25. The number of benzene rings is 2. The average molecular weight is 320 g/mol. The maximum absolute atomic E-state index is 7.29. The van der Waals surface area contributed by atoms with Crippen LogP contribution in [0.25, 0.3) is 0 Å². The van der Waals surface area contributed by atoms with E-state index in [4.69, 9.17) is 5.41 Å². The van der Waals surface area contributed by atoms with Crippen LogP contribution >= 0.6 is 0 Å². The third-order valence-corrected chi connectivity index (χ3v) is 4.56. The van der Waals surface area contributed by atoms with E-state index in [1.807, 2.05) is 0 Å². The minimum absolute atomic E-state index is 0.374. The topological polar surface area (TPSA) is 36.2 Å². The van der Waals surface area contributed by atoms with Gasteiger partial charge in [0.15, 0.2) is 0 Å². The van der Waals surface area contributed by atoms with Crippen molar-refractivity contribution in [1.82, 2.24) is 0 Å². The third kappa shape index (κ3) is 4.21. The van der Waals surface area contributed by atoms with Crippen molar-refractivity contribution in [3.05, 3.63) is 64.7 Å². The van der Waals surface area contributed by atoms with Crippen LogP contribution in [0.5, 0.6) is 0 Å². The molecule has 0 aliphatic rings. The molecule has 0 saturated carbocycles. The first-order chi connectivity index (χ1) is 11.4. The van der Waals surface area contributed by atoms with E-state index >= 15 is 0 Å². The molecule has 0 aromatic heterocycles. The van der Waals surface area contributed by atoms with Gasteiger partial charge >= 0.3 is 0 Å². The van der Waals surface area contributed by atoms with Crippen molar-refractivity contribution in [1.29, 1.82) is 5.41 Å². The van der Waals surface area contributed by atoms with Gasteiger partial charge < -0.3 is 0 Å². The predicted molar refractivity (Wildman–Crippen MR) is 103 cm³/mol. The molecule has 1 N–H and O–H groups in total. The molecule has 0 fully saturated rings. The lowest BCUT2D eigenvalue weighted by atomic mass is 9.85. The smallest absolute Gasteiger partial charge is 0.0918 e. The van der Waals surface area contributed by atoms with Gasteiger partial charge in [-0.25, -0.2) is 5.41 Å². The van der Waals surface area contributed by atoms with Crippen LogP contribution in [0.15, 0.2) is 47.5 Å². The highest BCUT2D eigenvalue weighted by Crippen LogP contribution is 2.38. The van der Waals surface area contributed by atoms with Crippen molar-refractivity contribution in [2.45, 2.75) is 58.8 Å². The molecule has 2 aromatic rings. The van der Waals surface area contributed by atoms with Crippen molar-refractivity contribution in [2.75, 3.05) is 0 Å². The molecule has 2 nitrogen and oxygen atoms in total. The molecule has 0 radical (unpaired) electrons. The lowest BCUT2D eigenvalue weighted by Crippen LogP contribution is -2.04. The van der Waals surface area contributed by atoms with Gasteiger partial charge in [-0.15, -0.1) is 0 Å². The average Bonchev–Trinajstić information content (AvgIpc) is 2.55. The maximum Gasteiger partial charge on any atom is 0.0918 e. The molecule has 0 heterocycles. The largest absolute Gasteiger partial charge is 0.241 e. The van der Waals surface area contributed by atoms with Gasteiger partial charge in [-0.05, 0) is 46.4 Å². The number of rotatable bonds is 6. The van der Waals surface area contributed by atoms with E-state index in [0.29, 0.717) is 17.8 Å². The second kappa shape index (κ2) is 8.08. The van der Waals surface area contributed by atoms with Crippen LogP contribution in [0.1, 0.15) is 74.6 Å². The maximum atomic E-state index is 7.29. The zero-order valence-electron chi connectivity index (χ0n) is 15.4. The Kier molecular flexibility index (Phi) is 6.11. The van der Waals surface area contributed by atoms with Crippen LogP contribution in [0.3, 0.4) is 0 Å². The van der Waals surface area contributed by atoms with Gasteiger partial charge in [0.05, 0.1) is 11.7 Å². The second-order valence-electron chi connectivity index (χ2n) is 7.17. The minimum atomic E-state index is 0.374. The van der Waals surface area contributed by atoms with E-state index in [2.05, 4.69) is 88.1 Å². The molecule has 2 aromatic carbocycles. The zero-order valence-corrected chi connectivity index (χ0v) is 15.4. The van der Waals surface area contributed by atoms with Gasteiger partial charge in [0.1, 0.15) is 0 Å². The standard InChI is InChI=1S/C22H28N2/c1-15(2)20-12-19(13-21(16(3)4)22(20)24-14-23)17(5)11-18-9-7-6-8-10-18/h6-10,12-13,15-17,23H,11H2,1-5H3/t17-/m0/s1. The summed E-state index contributed by atoms with van der Waals surface area (Å²) >= 11 is 0. The van der Waals surface area contributed by atoms with Gasteiger partial charge in [-0.2, -0.15) is 4.99 Å². The van der Waals surface area contributed by atoms with Crippen molar-refractivity contribution >= 4 is 11.7 Å². The fraction of sp³-hybridized carbons (Fsp3) is 0.409. The Hall–Kier alpha value is -2.18. The lowest BCUT2D eigenvalue weighted by molar-refractivity contribution is 0.745. The predicted octanol–water partition coefficient (Wildman–Crippen LogP) is 6.66. The summed E-state index contributed by atoms with van der Waals surface area (Å²) in [6.07, 6.45) is 1.03. The Labute approximate surface area is 146 Å². The second-order valence-corrected chi connectivity index (χ2v) is 7.17. The minimum Gasteiger partial charge on any atom is -0.241 e. The SMILES string of the molecule is CC(C)c1cc([C@@H](C)Cc2ccccc2)cc(C(C)C)c1N=C=N. The molecule has 24 heavy (non-hydrogen) atoms. The summed E-state index contributed by atoms with van der Waals surface area (Å²) in [7, 11) is 0. The molecule has 0 spiro atoms. The Morgan fingerprint density at radius 1 is 0.917 bits per heavy atom. The summed E-state index contributed by atoms with van der Waals surface area (Å²) in [5, 5.41) is 7.29. The number of hydrogen-bond donors (Lipinski definition) is 1. The molecule has 0 saturated heterocycles. The van der Waals surface area contributed by atoms with E-state index in [1.54, 1.807) is 0 Å². The van der Waals surface area contributed by atoms with Crippen molar-refractivity contribution < 1.29 is 0 Å². The van der Waals surface area contributed by atoms with E-state index in [0.717, 1.165) is 12.1 Å². The molecule has 0 aliphatic heterocycles. The molecule has 2 heteroatoms. The zero-order chi connectivity index (χ0) is 17.7. The fourth-order valence-electron chi connectivity index (χ4n) is 3.14. The van der Waals surface area contributed by atoms with Gasteiger partial charge in [0.2, 0.25) is 0 Å². The Morgan fingerprint density at radius 3 is 1.92 bits per heavy atom. The summed E-state index contributed by atoms with van der Waals surface area (Å²) in [5.41, 5.74) is 6.09. The molecule has 0 bridgehead atoms. The van der Waals surface area contributed by atoms with Gasteiger partial charge in [-0.1, -0.05) is 77.1 Å². The number of nitrogens with zero attached hydrogens (tertiary/aromatic N) is 1. The molecule has 1 atom stereocenters. The number of hydrogen-bond acceptors (Lipinski definition) is 2. The van der Waals surface area contributed by atoms with E-state index < -0.39 is 0 Å². The first-order valence-corrected chi connectivity index (χ1v) is 8.78. The first-order valence-electron chi connectivity index (χ1n) is 8.78. The van der Waals surface area contributed by atoms with E-state index in [9.17, 15) is 0 Å². The summed E-state index contributed by atoms with van der Waals surface area (Å²) < 4.78 is 0. The molecular weight excluding hydrogens is 292 g/mol. The van der Waals surface area contributed by atoms with Gasteiger partial charge in [0, 0.05) is 0 Å². The van der Waals surface area contributed by atoms with Crippen LogP contribution in [-0.4, -0.2) is 6.01 Å². The highest BCUT2D eigenvalue weighted by atomic mass is 14.7. The summed E-state index contributed by atoms with van der Waals surface area (Å²) in [5.74, 6) is 1.19.